The number of hydrogen-bond acceptors (Lipinski definition) is 2. The number of nitrogens with zero attached hydrogens (tertiary/aromatic N) is 3. The maximum absolute atomic E-state index is 8.50. The highest BCUT2D eigenvalue weighted by Gasteiger charge is 2.09. The maximum atomic E-state index is 8.50. The van der Waals surface area contributed by atoms with Crippen molar-refractivity contribution in [2.75, 3.05) is 5.73 Å². The molecule has 0 spiro atoms. The molecule has 2 rings (SSSR count). The zero-order valence-electron chi connectivity index (χ0n) is 11.3. The summed E-state index contributed by atoms with van der Waals surface area (Å²) in [7, 11) is 0. The Morgan fingerprint density at radius 3 is 2.37 bits per heavy atom. The summed E-state index contributed by atoms with van der Waals surface area (Å²) in [5.74, 6) is 0. The number of nitrogens with two attached hydrogens (primary N) is 1. The predicted molar refractivity (Wildman–Crippen MR) is 79.3 cm³/mol. The lowest BCUT2D eigenvalue weighted by atomic mass is 9.94. The van der Waals surface area contributed by atoms with E-state index in [2.05, 4.69) is 42.1 Å². The van der Waals surface area contributed by atoms with E-state index in [1.54, 1.807) is 6.07 Å². The molecule has 0 aromatic heterocycles. The summed E-state index contributed by atoms with van der Waals surface area (Å²) in [5.41, 5.74) is 21.2. The highest BCUT2D eigenvalue weighted by molar-refractivity contribution is 5.80. The molecule has 0 saturated heterocycles. The molecule has 2 aromatic rings. The van der Waals surface area contributed by atoms with Crippen molar-refractivity contribution in [3.8, 4) is 11.1 Å². The lowest BCUT2D eigenvalue weighted by Gasteiger charge is -2.13. The summed E-state index contributed by atoms with van der Waals surface area (Å²) in [6.07, 6.45) is 0. The smallest absolute Gasteiger partial charge is 0.0608 e. The van der Waals surface area contributed by atoms with Gasteiger partial charge in [0.2, 0.25) is 0 Å². The summed E-state index contributed by atoms with van der Waals surface area (Å²) in [6.45, 7) is 6.10. The third kappa shape index (κ3) is 2.39. The van der Waals surface area contributed by atoms with Gasteiger partial charge in [0.15, 0.2) is 0 Å². The van der Waals surface area contributed by atoms with Crippen molar-refractivity contribution in [2.45, 2.75) is 20.8 Å². The van der Waals surface area contributed by atoms with Crippen LogP contribution in [0.3, 0.4) is 0 Å². The van der Waals surface area contributed by atoms with Gasteiger partial charge in [0, 0.05) is 10.6 Å². The van der Waals surface area contributed by atoms with Crippen molar-refractivity contribution >= 4 is 11.4 Å². The van der Waals surface area contributed by atoms with E-state index in [0.29, 0.717) is 11.4 Å². The summed E-state index contributed by atoms with van der Waals surface area (Å²) in [6, 6.07) is 10.0. The van der Waals surface area contributed by atoms with Crippen LogP contribution in [-0.4, -0.2) is 0 Å². The summed E-state index contributed by atoms with van der Waals surface area (Å²) in [5, 5.41) is 3.59. The van der Waals surface area contributed by atoms with Gasteiger partial charge in [-0.15, -0.1) is 0 Å². The van der Waals surface area contributed by atoms with Crippen molar-refractivity contribution in [2.24, 2.45) is 5.11 Å². The fourth-order valence-corrected chi connectivity index (χ4v) is 2.26. The third-order valence-electron chi connectivity index (χ3n) is 3.32. The number of benzene rings is 2. The van der Waals surface area contributed by atoms with E-state index < -0.39 is 0 Å². The van der Waals surface area contributed by atoms with Crippen molar-refractivity contribution in [1.29, 1.82) is 0 Å². The molecule has 4 nitrogen and oxygen atoms in total. The minimum Gasteiger partial charge on any atom is -0.398 e. The van der Waals surface area contributed by atoms with Crippen LogP contribution in [0.25, 0.3) is 21.6 Å². The van der Waals surface area contributed by atoms with Gasteiger partial charge in [0.25, 0.3) is 0 Å². The first-order valence-corrected chi connectivity index (χ1v) is 6.06. The largest absolute Gasteiger partial charge is 0.398 e. The van der Waals surface area contributed by atoms with Crippen molar-refractivity contribution in [3.63, 3.8) is 0 Å². The Morgan fingerprint density at radius 2 is 1.74 bits per heavy atom. The fourth-order valence-electron chi connectivity index (χ4n) is 2.26. The Bertz CT molecular complexity index is 683. The lowest BCUT2D eigenvalue weighted by molar-refractivity contribution is 1.35. The Balaban J connectivity index is 2.64. The molecule has 0 fully saturated rings. The fraction of sp³-hybridized carbons (Fsp3) is 0.200. The Hall–Kier alpha value is -2.45. The molecule has 0 unspecified atom stereocenters. The summed E-state index contributed by atoms with van der Waals surface area (Å²) in [4.78, 5) is 2.78. The second kappa shape index (κ2) is 5.04. The van der Waals surface area contributed by atoms with Gasteiger partial charge in [-0.1, -0.05) is 34.9 Å². The Morgan fingerprint density at radius 1 is 1.05 bits per heavy atom. The second-order valence-corrected chi connectivity index (χ2v) is 4.68. The molecule has 0 radical (unpaired) electrons. The zero-order valence-corrected chi connectivity index (χ0v) is 11.3. The van der Waals surface area contributed by atoms with Gasteiger partial charge in [0.1, 0.15) is 0 Å². The van der Waals surface area contributed by atoms with E-state index in [-0.39, 0.29) is 0 Å². The number of rotatable bonds is 2. The summed E-state index contributed by atoms with van der Waals surface area (Å²) < 4.78 is 0. The molecule has 4 heteroatoms. The van der Waals surface area contributed by atoms with Crippen LogP contribution in [0.4, 0.5) is 11.4 Å². The highest BCUT2D eigenvalue weighted by Crippen LogP contribution is 2.35. The zero-order chi connectivity index (χ0) is 14.0. The molecule has 0 atom stereocenters. The number of azide groups is 1. The standard InChI is InChI=1S/C15H16N4/c1-9-4-5-12(10(2)8-9)13-6-7-14(18-19-17)15(16)11(13)3/h4-8H,16H2,1-3H3. The van der Waals surface area contributed by atoms with Crippen LogP contribution in [0.1, 0.15) is 16.7 Å². The van der Waals surface area contributed by atoms with Crippen molar-refractivity contribution in [3.05, 3.63) is 57.5 Å². The van der Waals surface area contributed by atoms with Gasteiger partial charge < -0.3 is 5.73 Å². The van der Waals surface area contributed by atoms with Gasteiger partial charge in [-0.05, 0) is 54.6 Å². The third-order valence-corrected chi connectivity index (χ3v) is 3.32. The topological polar surface area (TPSA) is 74.8 Å². The average Bonchev–Trinajstić information content (AvgIpc) is 2.37. The van der Waals surface area contributed by atoms with E-state index in [0.717, 1.165) is 16.7 Å². The first kappa shape index (κ1) is 13.0. The van der Waals surface area contributed by atoms with Crippen LogP contribution < -0.4 is 5.73 Å². The molecule has 0 aliphatic carbocycles. The average molecular weight is 252 g/mol. The molecular weight excluding hydrogens is 236 g/mol. The lowest BCUT2D eigenvalue weighted by Crippen LogP contribution is -1.94. The first-order chi connectivity index (χ1) is 9.04. The summed E-state index contributed by atoms with van der Waals surface area (Å²) >= 11 is 0. The van der Waals surface area contributed by atoms with Crippen LogP contribution in [0.15, 0.2) is 35.4 Å². The SMILES string of the molecule is Cc1ccc(-c2ccc(N=[N+]=[N-])c(N)c2C)c(C)c1. The van der Waals surface area contributed by atoms with Crippen LogP contribution in [0, 0.1) is 20.8 Å². The molecule has 0 heterocycles. The molecule has 0 amide bonds. The number of anilines is 1. The number of aryl methyl sites for hydroxylation is 2. The van der Waals surface area contributed by atoms with Crippen LogP contribution >= 0.6 is 0 Å². The van der Waals surface area contributed by atoms with E-state index in [4.69, 9.17) is 11.3 Å². The maximum Gasteiger partial charge on any atom is 0.0608 e. The normalized spacial score (nSPS) is 10.1. The van der Waals surface area contributed by atoms with Crippen LogP contribution in [-0.2, 0) is 0 Å². The first-order valence-electron chi connectivity index (χ1n) is 6.06. The quantitative estimate of drug-likeness (QED) is 0.354. The predicted octanol–water partition coefficient (Wildman–Crippen LogP) is 4.80. The van der Waals surface area contributed by atoms with Gasteiger partial charge in [-0.3, -0.25) is 0 Å². The van der Waals surface area contributed by atoms with Gasteiger partial charge in [-0.25, -0.2) is 0 Å². The Labute approximate surface area is 112 Å². The number of nitrogen functional groups attached to an aromatic ring is 1. The minimum absolute atomic E-state index is 0.480. The highest BCUT2D eigenvalue weighted by atomic mass is 15.1. The van der Waals surface area contributed by atoms with Crippen LogP contribution in [0.5, 0.6) is 0 Å². The molecule has 96 valence electrons. The van der Waals surface area contributed by atoms with E-state index in [9.17, 15) is 0 Å². The van der Waals surface area contributed by atoms with Crippen LogP contribution in [0.2, 0.25) is 0 Å². The molecule has 0 bridgehead atoms. The molecular formula is C15H16N4. The van der Waals surface area contributed by atoms with E-state index >= 15 is 0 Å². The minimum atomic E-state index is 0.480. The Kier molecular flexibility index (Phi) is 3.45. The van der Waals surface area contributed by atoms with Gasteiger partial charge >= 0.3 is 0 Å². The molecule has 0 aliphatic heterocycles. The number of hydrogen-bond donors (Lipinski definition) is 1. The molecule has 2 aromatic carbocycles. The monoisotopic (exact) mass is 252 g/mol. The molecule has 0 aliphatic rings. The van der Waals surface area contributed by atoms with E-state index in [1.165, 1.54) is 11.1 Å². The second-order valence-electron chi connectivity index (χ2n) is 4.68. The van der Waals surface area contributed by atoms with Crippen molar-refractivity contribution in [1.82, 2.24) is 0 Å². The molecule has 2 N–H and O–H groups in total. The van der Waals surface area contributed by atoms with Gasteiger partial charge in [0.05, 0.1) is 5.69 Å². The van der Waals surface area contributed by atoms with E-state index in [1.807, 2.05) is 13.0 Å². The van der Waals surface area contributed by atoms with Gasteiger partial charge in [-0.2, -0.15) is 0 Å². The molecule has 19 heavy (non-hydrogen) atoms. The van der Waals surface area contributed by atoms with Crippen molar-refractivity contribution < 1.29 is 0 Å². The molecule has 0 saturated carbocycles.